The molecule has 3 heterocycles. The van der Waals surface area contributed by atoms with Crippen LogP contribution in [0.25, 0.3) is 22.0 Å². The van der Waals surface area contributed by atoms with Crippen LogP contribution in [0.2, 0.25) is 0 Å². The summed E-state index contributed by atoms with van der Waals surface area (Å²) in [5.41, 5.74) is 3.39. The third-order valence-electron chi connectivity index (χ3n) is 4.04. The number of aryl methyl sites for hydroxylation is 1. The molecule has 25 heavy (non-hydrogen) atoms. The number of aliphatic hydroxyl groups is 1. The molecule has 1 atom stereocenters. The van der Waals surface area contributed by atoms with Gasteiger partial charge < -0.3 is 10.4 Å². The van der Waals surface area contributed by atoms with Crippen LogP contribution in [-0.2, 0) is 4.79 Å². The molecule has 0 spiro atoms. The van der Waals surface area contributed by atoms with Crippen LogP contribution in [-0.4, -0.2) is 26.0 Å². The molecule has 6 heteroatoms. The van der Waals surface area contributed by atoms with Gasteiger partial charge in [-0.2, -0.15) is 0 Å². The zero-order valence-electron chi connectivity index (χ0n) is 14.4. The number of fused-ring (bicyclic) bond motifs is 1. The normalized spacial score (nSPS) is 12.2. The van der Waals surface area contributed by atoms with E-state index in [1.807, 2.05) is 26.0 Å². The maximum atomic E-state index is 11.1. The van der Waals surface area contributed by atoms with Gasteiger partial charge in [0.1, 0.15) is 5.82 Å². The van der Waals surface area contributed by atoms with Crippen molar-refractivity contribution < 1.29 is 9.90 Å². The largest absolute Gasteiger partial charge is 0.387 e. The van der Waals surface area contributed by atoms with Crippen LogP contribution in [0.15, 0.2) is 36.8 Å². The molecule has 0 radical (unpaired) electrons. The zero-order chi connectivity index (χ0) is 18.0. The topological polar surface area (TPSA) is 88.0 Å². The summed E-state index contributed by atoms with van der Waals surface area (Å²) >= 11 is 0. The van der Waals surface area contributed by atoms with Gasteiger partial charge in [-0.25, -0.2) is 4.98 Å². The van der Waals surface area contributed by atoms with Crippen LogP contribution in [0.1, 0.15) is 37.6 Å². The van der Waals surface area contributed by atoms with Crippen LogP contribution in [0.4, 0.5) is 5.82 Å². The Balaban J connectivity index is 1.98. The lowest BCUT2D eigenvalue weighted by atomic mass is 10.0. The second-order valence-corrected chi connectivity index (χ2v) is 6.02. The van der Waals surface area contributed by atoms with Crippen molar-refractivity contribution in [2.45, 2.75) is 33.3 Å². The van der Waals surface area contributed by atoms with Crippen molar-refractivity contribution in [3.63, 3.8) is 0 Å². The Morgan fingerprint density at radius 1 is 1.12 bits per heavy atom. The molecule has 0 saturated heterocycles. The van der Waals surface area contributed by atoms with Gasteiger partial charge in [0.05, 0.1) is 17.5 Å². The molecule has 3 aromatic rings. The fourth-order valence-corrected chi connectivity index (χ4v) is 2.67. The molecule has 0 fully saturated rings. The number of amides is 1. The average Bonchev–Trinajstić information content (AvgIpc) is 2.60. The lowest BCUT2D eigenvalue weighted by Gasteiger charge is -2.11. The van der Waals surface area contributed by atoms with Crippen molar-refractivity contribution in [2.75, 3.05) is 5.32 Å². The van der Waals surface area contributed by atoms with Gasteiger partial charge in [-0.1, -0.05) is 6.92 Å². The number of hydrogen-bond donors (Lipinski definition) is 2. The predicted octanol–water partition coefficient (Wildman–Crippen LogP) is 3.40. The molecule has 0 aliphatic heterocycles. The van der Waals surface area contributed by atoms with Crippen LogP contribution in [0.3, 0.4) is 0 Å². The Kier molecular flexibility index (Phi) is 4.72. The first kappa shape index (κ1) is 17.0. The number of anilines is 1. The summed E-state index contributed by atoms with van der Waals surface area (Å²) in [6, 6.07) is 5.63. The standard InChI is InChI=1S/C19H20N4O2/c1-4-18(25)17-5-11(2)15(10-21-17)16-6-13-9-22-19(23-12(3)24)7-14(13)8-20-16/h5-10,18,25H,4H2,1-3H3,(H,22,23,24)/t18-/m0/s1. The maximum absolute atomic E-state index is 11.1. The molecule has 0 unspecified atom stereocenters. The van der Waals surface area contributed by atoms with E-state index < -0.39 is 6.10 Å². The molecule has 2 N–H and O–H groups in total. The number of nitrogens with one attached hydrogen (secondary N) is 1. The van der Waals surface area contributed by atoms with Crippen molar-refractivity contribution in [2.24, 2.45) is 0 Å². The Labute approximate surface area is 146 Å². The average molecular weight is 336 g/mol. The highest BCUT2D eigenvalue weighted by molar-refractivity contribution is 5.92. The Morgan fingerprint density at radius 2 is 1.84 bits per heavy atom. The summed E-state index contributed by atoms with van der Waals surface area (Å²) in [6.45, 7) is 5.34. The molecule has 0 bridgehead atoms. The van der Waals surface area contributed by atoms with E-state index in [1.165, 1.54) is 6.92 Å². The molecule has 6 nitrogen and oxygen atoms in total. The lowest BCUT2D eigenvalue weighted by Crippen LogP contribution is -2.07. The summed E-state index contributed by atoms with van der Waals surface area (Å²) in [6.07, 6.45) is 5.29. The van der Waals surface area contributed by atoms with Crippen molar-refractivity contribution in [1.29, 1.82) is 0 Å². The van der Waals surface area contributed by atoms with Crippen molar-refractivity contribution in [3.8, 4) is 11.3 Å². The number of aliphatic hydroxyl groups excluding tert-OH is 1. The van der Waals surface area contributed by atoms with E-state index in [1.54, 1.807) is 24.7 Å². The maximum Gasteiger partial charge on any atom is 0.222 e. The Bertz CT molecular complexity index is 940. The molecule has 0 aliphatic rings. The highest BCUT2D eigenvalue weighted by atomic mass is 16.3. The summed E-state index contributed by atoms with van der Waals surface area (Å²) in [4.78, 5) is 24.2. The Morgan fingerprint density at radius 3 is 2.52 bits per heavy atom. The minimum absolute atomic E-state index is 0.160. The molecule has 0 saturated carbocycles. The third-order valence-corrected chi connectivity index (χ3v) is 4.04. The predicted molar refractivity (Wildman–Crippen MR) is 97.1 cm³/mol. The number of rotatable bonds is 4. The fraction of sp³-hybridized carbons (Fsp3) is 0.263. The smallest absolute Gasteiger partial charge is 0.222 e. The molecular formula is C19H20N4O2. The van der Waals surface area contributed by atoms with Crippen LogP contribution in [0, 0.1) is 6.92 Å². The summed E-state index contributed by atoms with van der Waals surface area (Å²) in [7, 11) is 0. The SMILES string of the molecule is CC[C@H](O)c1cc(C)c(-c2cc3cnc(NC(C)=O)cc3cn2)cn1. The van der Waals surface area contributed by atoms with Gasteiger partial charge >= 0.3 is 0 Å². The van der Waals surface area contributed by atoms with Gasteiger partial charge in [0.2, 0.25) is 5.91 Å². The first-order valence-corrected chi connectivity index (χ1v) is 8.16. The number of carbonyl (C=O) groups excluding carboxylic acids is 1. The van der Waals surface area contributed by atoms with Gasteiger partial charge in [0.15, 0.2) is 0 Å². The minimum atomic E-state index is -0.547. The number of pyridine rings is 3. The molecule has 3 rings (SSSR count). The molecular weight excluding hydrogens is 316 g/mol. The van der Waals surface area contributed by atoms with E-state index in [-0.39, 0.29) is 5.91 Å². The van der Waals surface area contributed by atoms with E-state index >= 15 is 0 Å². The van der Waals surface area contributed by atoms with Crippen LogP contribution >= 0.6 is 0 Å². The number of hydrogen-bond acceptors (Lipinski definition) is 5. The lowest BCUT2D eigenvalue weighted by molar-refractivity contribution is -0.114. The van der Waals surface area contributed by atoms with Crippen molar-refractivity contribution >= 4 is 22.5 Å². The van der Waals surface area contributed by atoms with E-state index in [4.69, 9.17) is 0 Å². The third kappa shape index (κ3) is 3.64. The Hall–Kier alpha value is -2.86. The van der Waals surface area contributed by atoms with E-state index in [2.05, 4.69) is 20.3 Å². The van der Waals surface area contributed by atoms with Crippen molar-refractivity contribution in [1.82, 2.24) is 15.0 Å². The van der Waals surface area contributed by atoms with Crippen LogP contribution in [0.5, 0.6) is 0 Å². The number of aromatic nitrogens is 3. The van der Waals surface area contributed by atoms with Gasteiger partial charge in [-0.3, -0.25) is 14.8 Å². The highest BCUT2D eigenvalue weighted by Crippen LogP contribution is 2.27. The summed E-state index contributed by atoms with van der Waals surface area (Å²) in [5, 5.41) is 14.4. The van der Waals surface area contributed by atoms with Crippen molar-refractivity contribution in [3.05, 3.63) is 48.0 Å². The van der Waals surface area contributed by atoms with Crippen LogP contribution < -0.4 is 5.32 Å². The quantitative estimate of drug-likeness (QED) is 0.762. The van der Waals surface area contributed by atoms with E-state index in [0.717, 1.165) is 27.6 Å². The van der Waals surface area contributed by atoms with E-state index in [0.29, 0.717) is 17.9 Å². The first-order chi connectivity index (χ1) is 12.0. The number of nitrogens with zero attached hydrogens (tertiary/aromatic N) is 3. The molecule has 0 aromatic carbocycles. The van der Waals surface area contributed by atoms with Gasteiger partial charge in [0, 0.05) is 41.9 Å². The molecule has 0 aliphatic carbocycles. The zero-order valence-corrected chi connectivity index (χ0v) is 14.4. The number of carbonyl (C=O) groups is 1. The van der Waals surface area contributed by atoms with Gasteiger partial charge in [0.25, 0.3) is 0 Å². The van der Waals surface area contributed by atoms with E-state index in [9.17, 15) is 9.90 Å². The first-order valence-electron chi connectivity index (χ1n) is 8.16. The molecule has 1 amide bonds. The second kappa shape index (κ2) is 6.94. The summed E-state index contributed by atoms with van der Waals surface area (Å²) in [5.74, 6) is 0.345. The monoisotopic (exact) mass is 336 g/mol. The summed E-state index contributed by atoms with van der Waals surface area (Å²) < 4.78 is 0. The molecule has 3 aromatic heterocycles. The van der Waals surface area contributed by atoms with Gasteiger partial charge in [-0.15, -0.1) is 0 Å². The molecule has 128 valence electrons. The highest BCUT2D eigenvalue weighted by Gasteiger charge is 2.11. The fourth-order valence-electron chi connectivity index (χ4n) is 2.67. The van der Waals surface area contributed by atoms with Gasteiger partial charge in [-0.05, 0) is 37.1 Å². The second-order valence-electron chi connectivity index (χ2n) is 6.02. The minimum Gasteiger partial charge on any atom is -0.387 e.